The van der Waals surface area contributed by atoms with Gasteiger partial charge in [-0.25, -0.2) is 0 Å². The van der Waals surface area contributed by atoms with Gasteiger partial charge in [-0.3, -0.25) is 10.1 Å². The van der Waals surface area contributed by atoms with Gasteiger partial charge in [-0.2, -0.15) is 0 Å². The predicted molar refractivity (Wildman–Crippen MR) is 114 cm³/mol. The molecule has 4 nitrogen and oxygen atoms in total. The predicted octanol–water partition coefficient (Wildman–Crippen LogP) is 4.63. The number of rotatable bonds is 7. The number of anilines is 1. The molecule has 0 fully saturated rings. The van der Waals surface area contributed by atoms with Crippen molar-refractivity contribution in [3.63, 3.8) is 0 Å². The Hall–Kier alpha value is -3.11. The zero-order chi connectivity index (χ0) is 19.9. The van der Waals surface area contributed by atoms with Crippen molar-refractivity contribution in [2.24, 2.45) is 0 Å². The van der Waals surface area contributed by atoms with Crippen LogP contribution in [0.2, 0.25) is 0 Å². The van der Waals surface area contributed by atoms with Gasteiger partial charge in [0.05, 0.1) is 19.7 Å². The second kappa shape index (κ2) is 9.20. The van der Waals surface area contributed by atoms with E-state index in [9.17, 15) is 4.79 Å². The van der Waals surface area contributed by atoms with E-state index >= 15 is 0 Å². The van der Waals surface area contributed by atoms with Crippen LogP contribution >= 0.6 is 0 Å². The number of para-hydroxylation sites is 1. The molecule has 1 atom stereocenters. The molecule has 0 saturated heterocycles. The van der Waals surface area contributed by atoms with Gasteiger partial charge in [0.15, 0.2) is 0 Å². The average molecular weight is 374 g/mol. The van der Waals surface area contributed by atoms with Crippen LogP contribution in [-0.2, 0) is 4.79 Å². The number of benzene rings is 3. The normalized spacial score (nSPS) is 11.7. The molecular weight excluding hydrogens is 348 g/mol. The number of aryl methyl sites for hydroxylation is 2. The SMILES string of the molecule is COc1ccc([C@@H](NCC(=O)Nc2c(C)cccc2C)c2ccccc2)cc1. The van der Waals surface area contributed by atoms with Crippen LogP contribution < -0.4 is 15.4 Å². The lowest BCUT2D eigenvalue weighted by atomic mass is 9.98. The molecule has 0 radical (unpaired) electrons. The van der Waals surface area contributed by atoms with Gasteiger partial charge in [0.2, 0.25) is 5.91 Å². The quantitative estimate of drug-likeness (QED) is 0.634. The molecule has 28 heavy (non-hydrogen) atoms. The Morgan fingerprint density at radius 1 is 0.857 bits per heavy atom. The van der Waals surface area contributed by atoms with Gasteiger partial charge in [-0.1, -0.05) is 60.7 Å². The van der Waals surface area contributed by atoms with E-state index in [1.807, 2.05) is 74.5 Å². The highest BCUT2D eigenvalue weighted by atomic mass is 16.5. The lowest BCUT2D eigenvalue weighted by Gasteiger charge is -2.20. The summed E-state index contributed by atoms with van der Waals surface area (Å²) in [5.74, 6) is 0.746. The lowest BCUT2D eigenvalue weighted by molar-refractivity contribution is -0.115. The van der Waals surface area contributed by atoms with E-state index in [0.717, 1.165) is 33.7 Å². The summed E-state index contributed by atoms with van der Waals surface area (Å²) < 4.78 is 5.26. The van der Waals surface area contributed by atoms with Crippen LogP contribution in [0.25, 0.3) is 0 Å². The number of ether oxygens (including phenoxy) is 1. The second-order valence-corrected chi connectivity index (χ2v) is 6.81. The third-order valence-corrected chi connectivity index (χ3v) is 4.79. The number of hydrogen-bond acceptors (Lipinski definition) is 3. The molecule has 3 aromatic rings. The van der Waals surface area contributed by atoms with Crippen molar-refractivity contribution in [2.75, 3.05) is 19.0 Å². The molecule has 0 spiro atoms. The fourth-order valence-electron chi connectivity index (χ4n) is 3.26. The van der Waals surface area contributed by atoms with Gasteiger partial charge in [-0.05, 0) is 48.2 Å². The van der Waals surface area contributed by atoms with Gasteiger partial charge in [0.1, 0.15) is 5.75 Å². The number of carbonyl (C=O) groups is 1. The Morgan fingerprint density at radius 3 is 2.07 bits per heavy atom. The van der Waals surface area contributed by atoms with Crippen LogP contribution in [0.1, 0.15) is 28.3 Å². The van der Waals surface area contributed by atoms with Crippen molar-refractivity contribution in [1.29, 1.82) is 0 Å². The van der Waals surface area contributed by atoms with Crippen LogP contribution in [0.4, 0.5) is 5.69 Å². The Morgan fingerprint density at radius 2 is 1.46 bits per heavy atom. The van der Waals surface area contributed by atoms with E-state index < -0.39 is 0 Å². The summed E-state index contributed by atoms with van der Waals surface area (Å²) in [5, 5.41) is 6.43. The highest BCUT2D eigenvalue weighted by Crippen LogP contribution is 2.24. The number of methoxy groups -OCH3 is 1. The van der Waals surface area contributed by atoms with E-state index in [-0.39, 0.29) is 18.5 Å². The first-order chi connectivity index (χ1) is 13.6. The zero-order valence-corrected chi connectivity index (χ0v) is 16.5. The molecule has 1 amide bonds. The monoisotopic (exact) mass is 374 g/mol. The van der Waals surface area contributed by atoms with Crippen molar-refractivity contribution in [1.82, 2.24) is 5.32 Å². The largest absolute Gasteiger partial charge is 0.497 e. The van der Waals surface area contributed by atoms with Gasteiger partial charge in [0.25, 0.3) is 0 Å². The van der Waals surface area contributed by atoms with Crippen molar-refractivity contribution in [3.8, 4) is 5.75 Å². The maximum atomic E-state index is 12.6. The molecule has 0 aliphatic heterocycles. The van der Waals surface area contributed by atoms with Crippen molar-refractivity contribution < 1.29 is 9.53 Å². The Kier molecular flexibility index (Phi) is 6.45. The smallest absolute Gasteiger partial charge is 0.238 e. The second-order valence-electron chi connectivity index (χ2n) is 6.81. The third-order valence-electron chi connectivity index (χ3n) is 4.79. The molecule has 0 saturated carbocycles. The average Bonchev–Trinajstić information content (AvgIpc) is 2.72. The van der Waals surface area contributed by atoms with Gasteiger partial charge >= 0.3 is 0 Å². The summed E-state index contributed by atoms with van der Waals surface area (Å²) in [7, 11) is 1.65. The highest BCUT2D eigenvalue weighted by molar-refractivity contribution is 5.93. The molecule has 3 aromatic carbocycles. The Bertz CT molecular complexity index is 901. The highest BCUT2D eigenvalue weighted by Gasteiger charge is 2.16. The fourth-order valence-corrected chi connectivity index (χ4v) is 3.26. The Balaban J connectivity index is 1.75. The summed E-state index contributed by atoms with van der Waals surface area (Å²) in [4.78, 5) is 12.6. The number of amides is 1. The molecule has 2 N–H and O–H groups in total. The van der Waals surface area contributed by atoms with Gasteiger partial charge < -0.3 is 10.1 Å². The van der Waals surface area contributed by atoms with E-state index in [0.29, 0.717) is 0 Å². The molecule has 0 bridgehead atoms. The maximum absolute atomic E-state index is 12.6. The first-order valence-electron chi connectivity index (χ1n) is 9.37. The van der Waals surface area contributed by atoms with Crippen LogP contribution in [0.5, 0.6) is 5.75 Å². The summed E-state index contributed by atoms with van der Waals surface area (Å²) in [6.45, 7) is 4.21. The van der Waals surface area contributed by atoms with Crippen molar-refractivity contribution in [2.45, 2.75) is 19.9 Å². The van der Waals surface area contributed by atoms with Crippen molar-refractivity contribution in [3.05, 3.63) is 95.1 Å². The molecule has 4 heteroatoms. The number of carbonyl (C=O) groups excluding carboxylic acids is 1. The lowest BCUT2D eigenvalue weighted by Crippen LogP contribution is -2.32. The Labute approximate surface area is 166 Å². The fraction of sp³-hybridized carbons (Fsp3) is 0.208. The first-order valence-corrected chi connectivity index (χ1v) is 9.37. The van der Waals surface area contributed by atoms with Gasteiger partial charge in [0, 0.05) is 5.69 Å². The van der Waals surface area contributed by atoms with Crippen LogP contribution in [0, 0.1) is 13.8 Å². The first kappa shape index (κ1) is 19.6. The standard InChI is InChI=1S/C24H26N2O2/c1-17-8-7-9-18(2)23(17)26-22(27)16-25-24(19-10-5-4-6-11-19)20-12-14-21(28-3)15-13-20/h4-15,24-25H,16H2,1-3H3,(H,26,27)/t24-/m0/s1. The molecule has 0 aliphatic rings. The van der Waals surface area contributed by atoms with Gasteiger partial charge in [-0.15, -0.1) is 0 Å². The van der Waals surface area contributed by atoms with Crippen LogP contribution in [0.3, 0.4) is 0 Å². The molecular formula is C24H26N2O2. The molecule has 144 valence electrons. The maximum Gasteiger partial charge on any atom is 0.238 e. The summed E-state index contributed by atoms with van der Waals surface area (Å²) in [6.07, 6.45) is 0. The van der Waals surface area contributed by atoms with Crippen molar-refractivity contribution >= 4 is 11.6 Å². The number of nitrogens with one attached hydrogen (secondary N) is 2. The molecule has 0 unspecified atom stereocenters. The third kappa shape index (κ3) is 4.78. The topological polar surface area (TPSA) is 50.4 Å². The van der Waals surface area contributed by atoms with E-state index in [1.165, 1.54) is 0 Å². The van der Waals surface area contributed by atoms with Crippen LogP contribution in [0.15, 0.2) is 72.8 Å². The number of hydrogen-bond donors (Lipinski definition) is 2. The summed E-state index contributed by atoms with van der Waals surface area (Å²) in [5.41, 5.74) is 5.18. The minimum atomic E-state index is -0.0872. The summed E-state index contributed by atoms with van der Waals surface area (Å²) in [6, 6.07) is 23.9. The molecule has 0 aromatic heterocycles. The van der Waals surface area contributed by atoms with E-state index in [1.54, 1.807) is 7.11 Å². The zero-order valence-electron chi connectivity index (χ0n) is 16.5. The molecule has 3 rings (SSSR count). The van der Waals surface area contributed by atoms with Crippen LogP contribution in [-0.4, -0.2) is 19.6 Å². The molecule has 0 aliphatic carbocycles. The molecule has 0 heterocycles. The van der Waals surface area contributed by atoms with E-state index in [2.05, 4.69) is 22.8 Å². The minimum Gasteiger partial charge on any atom is -0.497 e. The summed E-state index contributed by atoms with van der Waals surface area (Å²) >= 11 is 0. The van der Waals surface area contributed by atoms with E-state index in [4.69, 9.17) is 4.74 Å². The minimum absolute atomic E-state index is 0.0631.